The first-order chi connectivity index (χ1) is 17.3. The number of aromatic nitrogens is 6. The minimum absolute atomic E-state index is 0.390. The molecule has 0 unspecified atom stereocenters. The SMILES string of the molecule is Clc1ccccc1-c1nc(-c2ccccn2)no1.c1ccc(-c2nc(-c3ccccn3)no2)cc1. The smallest absolute Gasteiger partial charge is 0.259 e. The van der Waals surface area contributed by atoms with Crippen LogP contribution in [-0.2, 0) is 0 Å². The molecule has 0 atom stereocenters. The normalized spacial score (nSPS) is 10.4. The second-order valence-corrected chi connectivity index (χ2v) is 7.53. The number of benzene rings is 2. The van der Waals surface area contributed by atoms with Gasteiger partial charge in [-0.1, -0.05) is 64.4 Å². The molecule has 0 spiro atoms. The lowest BCUT2D eigenvalue weighted by Gasteiger charge is -1.95. The van der Waals surface area contributed by atoms with Crippen LogP contribution in [0, 0.1) is 0 Å². The summed E-state index contributed by atoms with van der Waals surface area (Å²) in [4.78, 5) is 16.9. The Morgan fingerprint density at radius 3 is 1.69 bits per heavy atom. The molecule has 0 aliphatic rings. The molecule has 4 aromatic heterocycles. The van der Waals surface area contributed by atoms with Crippen LogP contribution in [0.5, 0.6) is 0 Å². The van der Waals surface area contributed by atoms with Gasteiger partial charge in [0.25, 0.3) is 11.8 Å². The van der Waals surface area contributed by atoms with Crippen molar-refractivity contribution in [3.8, 4) is 45.9 Å². The number of hydrogen-bond acceptors (Lipinski definition) is 8. The molecule has 0 aliphatic heterocycles. The average molecular weight is 481 g/mol. The molecule has 0 aliphatic carbocycles. The van der Waals surface area contributed by atoms with Gasteiger partial charge in [0.2, 0.25) is 11.6 Å². The summed E-state index contributed by atoms with van der Waals surface area (Å²) in [7, 11) is 0. The van der Waals surface area contributed by atoms with Crippen molar-refractivity contribution in [2.75, 3.05) is 0 Å². The Morgan fingerprint density at radius 1 is 0.543 bits per heavy atom. The fraction of sp³-hybridized carbons (Fsp3) is 0. The quantitative estimate of drug-likeness (QED) is 0.291. The molecule has 4 heterocycles. The molecule has 9 heteroatoms. The van der Waals surface area contributed by atoms with Gasteiger partial charge in [0.15, 0.2) is 0 Å². The summed E-state index contributed by atoms with van der Waals surface area (Å²) in [5.41, 5.74) is 2.99. The van der Waals surface area contributed by atoms with Gasteiger partial charge in [-0.15, -0.1) is 0 Å². The Bertz CT molecular complexity index is 1450. The van der Waals surface area contributed by atoms with Gasteiger partial charge in [-0.2, -0.15) is 9.97 Å². The van der Waals surface area contributed by atoms with Crippen molar-refractivity contribution in [2.24, 2.45) is 0 Å². The fourth-order valence-corrected chi connectivity index (χ4v) is 3.30. The molecule has 0 radical (unpaired) electrons. The van der Waals surface area contributed by atoms with Gasteiger partial charge in [0.1, 0.15) is 11.4 Å². The molecular weight excluding hydrogens is 464 g/mol. The Kier molecular flexibility index (Phi) is 6.63. The van der Waals surface area contributed by atoms with Crippen LogP contribution < -0.4 is 0 Å². The van der Waals surface area contributed by atoms with E-state index in [1.54, 1.807) is 18.5 Å². The van der Waals surface area contributed by atoms with E-state index in [0.717, 1.165) is 5.56 Å². The van der Waals surface area contributed by atoms with Crippen molar-refractivity contribution in [3.05, 3.63) is 108 Å². The van der Waals surface area contributed by atoms with Crippen molar-refractivity contribution in [3.63, 3.8) is 0 Å². The first kappa shape index (κ1) is 22.1. The van der Waals surface area contributed by atoms with E-state index < -0.39 is 0 Å². The highest BCUT2D eigenvalue weighted by atomic mass is 35.5. The van der Waals surface area contributed by atoms with E-state index in [1.807, 2.05) is 84.9 Å². The molecule has 0 N–H and O–H groups in total. The summed E-state index contributed by atoms with van der Waals surface area (Å²) < 4.78 is 10.4. The Hall–Kier alpha value is -4.69. The monoisotopic (exact) mass is 480 g/mol. The molecule has 0 amide bonds. The maximum atomic E-state index is 6.07. The van der Waals surface area contributed by atoms with Gasteiger partial charge in [-0.05, 0) is 48.5 Å². The first-order valence-electron chi connectivity index (χ1n) is 10.6. The molecule has 0 fully saturated rings. The number of pyridine rings is 2. The summed E-state index contributed by atoms with van der Waals surface area (Å²) in [5, 5.41) is 8.39. The van der Waals surface area contributed by atoms with Crippen LogP contribution >= 0.6 is 11.6 Å². The lowest BCUT2D eigenvalue weighted by Crippen LogP contribution is -1.84. The molecule has 0 saturated heterocycles. The Labute approximate surface area is 205 Å². The molecule has 6 aromatic rings. The summed E-state index contributed by atoms with van der Waals surface area (Å²) in [6.07, 6.45) is 3.38. The topological polar surface area (TPSA) is 104 Å². The fourth-order valence-electron chi connectivity index (χ4n) is 3.09. The van der Waals surface area contributed by atoms with Gasteiger partial charge in [0, 0.05) is 18.0 Å². The molecular formula is C26H17ClN6O2. The highest BCUT2D eigenvalue weighted by Crippen LogP contribution is 2.27. The third-order valence-electron chi connectivity index (χ3n) is 4.77. The van der Waals surface area contributed by atoms with E-state index in [2.05, 4.69) is 30.2 Å². The lowest BCUT2D eigenvalue weighted by molar-refractivity contribution is 0.432. The maximum Gasteiger partial charge on any atom is 0.259 e. The van der Waals surface area contributed by atoms with Crippen LogP contribution in [0.2, 0.25) is 5.02 Å². The van der Waals surface area contributed by atoms with Crippen LogP contribution in [0.4, 0.5) is 0 Å². The second kappa shape index (κ2) is 10.5. The molecule has 170 valence electrons. The van der Waals surface area contributed by atoms with Crippen molar-refractivity contribution < 1.29 is 9.05 Å². The van der Waals surface area contributed by atoms with E-state index in [-0.39, 0.29) is 0 Å². The maximum absolute atomic E-state index is 6.07. The highest BCUT2D eigenvalue weighted by Gasteiger charge is 2.13. The minimum atomic E-state index is 0.390. The predicted molar refractivity (Wildman–Crippen MR) is 131 cm³/mol. The standard InChI is InChI=1S/C13H8ClN3O.C13H9N3O/c14-10-6-2-1-5-9(10)13-16-12(17-18-13)11-7-3-4-8-15-11;1-2-6-10(7-3-1)13-15-12(16-17-13)11-8-4-5-9-14-11/h1-8H;1-9H. The molecule has 8 nitrogen and oxygen atoms in total. The van der Waals surface area contributed by atoms with Crippen LogP contribution in [-0.4, -0.2) is 30.2 Å². The summed E-state index contributed by atoms with van der Waals surface area (Å²) in [6, 6.07) is 28.1. The number of halogens is 1. The average Bonchev–Trinajstić information content (AvgIpc) is 3.62. The number of rotatable bonds is 4. The van der Waals surface area contributed by atoms with Gasteiger partial charge in [-0.3, -0.25) is 9.97 Å². The van der Waals surface area contributed by atoms with Gasteiger partial charge < -0.3 is 9.05 Å². The zero-order valence-electron chi connectivity index (χ0n) is 18.2. The highest BCUT2D eigenvalue weighted by molar-refractivity contribution is 6.33. The third kappa shape index (κ3) is 5.29. The van der Waals surface area contributed by atoms with E-state index in [4.69, 9.17) is 20.6 Å². The number of hydrogen-bond donors (Lipinski definition) is 0. The zero-order valence-corrected chi connectivity index (χ0v) is 18.9. The summed E-state index contributed by atoms with van der Waals surface area (Å²) in [6.45, 7) is 0. The molecule has 0 saturated carbocycles. The van der Waals surface area contributed by atoms with Crippen LogP contribution in [0.3, 0.4) is 0 Å². The first-order valence-corrected chi connectivity index (χ1v) is 11.0. The van der Waals surface area contributed by atoms with Crippen molar-refractivity contribution >= 4 is 11.6 Å². The molecule has 35 heavy (non-hydrogen) atoms. The van der Waals surface area contributed by atoms with Gasteiger partial charge in [0.05, 0.1) is 10.6 Å². The number of nitrogens with zero attached hydrogens (tertiary/aromatic N) is 6. The predicted octanol–water partition coefficient (Wildman–Crippen LogP) is 6.25. The van der Waals surface area contributed by atoms with Crippen molar-refractivity contribution in [1.29, 1.82) is 0 Å². The third-order valence-corrected chi connectivity index (χ3v) is 5.09. The molecule has 0 bridgehead atoms. The minimum Gasteiger partial charge on any atom is -0.334 e. The Balaban J connectivity index is 0.000000145. The van der Waals surface area contributed by atoms with Crippen molar-refractivity contribution in [1.82, 2.24) is 30.2 Å². The van der Waals surface area contributed by atoms with E-state index in [9.17, 15) is 0 Å². The van der Waals surface area contributed by atoms with Crippen molar-refractivity contribution in [2.45, 2.75) is 0 Å². The van der Waals surface area contributed by atoms with Crippen LogP contribution in [0.1, 0.15) is 0 Å². The molecule has 6 rings (SSSR count). The van der Waals surface area contributed by atoms with E-state index >= 15 is 0 Å². The van der Waals surface area contributed by atoms with Crippen LogP contribution in [0.15, 0.2) is 112 Å². The Morgan fingerprint density at radius 2 is 1.09 bits per heavy atom. The van der Waals surface area contributed by atoms with E-state index in [1.165, 1.54) is 0 Å². The largest absolute Gasteiger partial charge is 0.334 e. The molecule has 2 aromatic carbocycles. The lowest BCUT2D eigenvalue weighted by atomic mass is 10.2. The van der Waals surface area contributed by atoms with E-state index in [0.29, 0.717) is 45.4 Å². The van der Waals surface area contributed by atoms with Crippen LogP contribution in [0.25, 0.3) is 45.9 Å². The summed E-state index contributed by atoms with van der Waals surface area (Å²) in [5.74, 6) is 1.85. The zero-order chi connectivity index (χ0) is 23.9. The van der Waals surface area contributed by atoms with Gasteiger partial charge in [-0.25, -0.2) is 0 Å². The van der Waals surface area contributed by atoms with Gasteiger partial charge >= 0.3 is 0 Å². The summed E-state index contributed by atoms with van der Waals surface area (Å²) >= 11 is 6.07. The second-order valence-electron chi connectivity index (χ2n) is 7.12.